The maximum Gasteiger partial charge on any atom is 0.323 e. The fraction of sp³-hybridized carbons (Fsp3) is 0.457. The highest BCUT2D eigenvalue weighted by Crippen LogP contribution is 2.40. The first-order valence-corrected chi connectivity index (χ1v) is 23.0. The Bertz CT molecular complexity index is 2760. The highest BCUT2D eigenvalue weighted by molar-refractivity contribution is 6.33. The van der Waals surface area contributed by atoms with Crippen molar-refractivity contribution in [3.8, 4) is 11.5 Å². The first-order chi connectivity index (χ1) is 32.2. The number of fused-ring (bicyclic) bond motifs is 2. The molecule has 350 valence electrons. The first-order valence-electron chi connectivity index (χ1n) is 22.6. The molecule has 1 unspecified atom stereocenters. The smallest absolute Gasteiger partial charge is 0.323 e. The number of nitrogens with zero attached hydrogens (tertiary/aromatic N) is 10. The Kier molecular flexibility index (Phi) is 12.6. The average molecular weight is 935 g/mol. The van der Waals surface area contributed by atoms with Crippen molar-refractivity contribution < 1.29 is 38.0 Å². The van der Waals surface area contributed by atoms with Crippen LogP contribution in [0.1, 0.15) is 106 Å². The number of ether oxygens (including phenoxy) is 1. The average Bonchev–Trinajstić information content (AvgIpc) is 4.04. The van der Waals surface area contributed by atoms with E-state index < -0.39 is 42.0 Å². The number of carbonyl (C=O) groups excluding carboxylic acids is 6. The Hall–Kier alpha value is -6.96. The van der Waals surface area contributed by atoms with Gasteiger partial charge >= 0.3 is 12.0 Å². The van der Waals surface area contributed by atoms with Gasteiger partial charge in [-0.3, -0.25) is 24.0 Å². The maximum atomic E-state index is 13.5. The lowest BCUT2D eigenvalue weighted by Crippen LogP contribution is -2.55. The van der Waals surface area contributed by atoms with Gasteiger partial charge in [-0.2, -0.15) is 10.1 Å². The summed E-state index contributed by atoms with van der Waals surface area (Å²) in [7, 11) is 0. The van der Waals surface area contributed by atoms with E-state index in [4.69, 9.17) is 20.9 Å². The number of piperazine rings is 1. The van der Waals surface area contributed by atoms with Crippen molar-refractivity contribution >= 4 is 69.9 Å². The van der Waals surface area contributed by atoms with E-state index in [9.17, 15) is 28.8 Å². The number of hydrogen-bond donors (Lipinski definition) is 2. The molecule has 5 aromatic rings. The van der Waals surface area contributed by atoms with Crippen LogP contribution in [-0.4, -0.2) is 119 Å². The molecule has 1 aliphatic carbocycles. The molecule has 3 aliphatic heterocycles. The van der Waals surface area contributed by atoms with E-state index in [0.29, 0.717) is 80.4 Å². The number of halogens is 1. The normalized spacial score (nSPS) is 17.8. The van der Waals surface area contributed by atoms with Crippen LogP contribution in [0.15, 0.2) is 53.4 Å². The fourth-order valence-electron chi connectivity index (χ4n) is 8.76. The van der Waals surface area contributed by atoms with E-state index in [-0.39, 0.29) is 48.0 Å². The summed E-state index contributed by atoms with van der Waals surface area (Å²) in [5.41, 5.74) is 4.32. The lowest BCUT2D eigenvalue weighted by Gasteiger charge is -2.36. The van der Waals surface area contributed by atoms with E-state index in [1.807, 2.05) is 23.1 Å². The standard InChI is InChI=1S/C46H51ClN12O8/c1-46(2,3)44(64)66-26-58-38(61)14-13-34(43(58)63)57-25-28-21-30(11-12-31(28)42(57)62)55-17-19-56(20-18-55)37(60)10-5-4-9-36-53-41(54-67-36)39-32(47)22-29(23-49-39)51-45(65)52-33-24-48-35-15-16-50-59(35)40(33)27-7-6-8-27/h11-12,15-16,21-24,27,34H,4-10,13-14,17-20,25-26H2,1-3H3,(H2,51,52,65). The van der Waals surface area contributed by atoms with E-state index in [1.54, 1.807) is 49.8 Å². The molecular weight excluding hydrogens is 884 g/mol. The zero-order valence-electron chi connectivity index (χ0n) is 37.5. The van der Waals surface area contributed by atoms with Gasteiger partial charge in [0.2, 0.25) is 23.5 Å². The summed E-state index contributed by atoms with van der Waals surface area (Å²) in [6.45, 7) is 7.09. The summed E-state index contributed by atoms with van der Waals surface area (Å²) in [6, 6.07) is 7.68. The number of pyridine rings is 1. The monoisotopic (exact) mass is 934 g/mol. The SMILES string of the molecule is CC(C)(C)C(=O)OCN1C(=O)CCC(N2Cc3cc(N4CCN(C(=O)CCCCc5nc(-c6ncc(NC(=O)Nc7cnc8ccnn8c7C7CCC7)cc6Cl)no5)CC4)ccc3C2=O)C1=O. The quantitative estimate of drug-likeness (QED) is 0.0805. The summed E-state index contributed by atoms with van der Waals surface area (Å²) in [5, 5.41) is 14.4. The summed E-state index contributed by atoms with van der Waals surface area (Å²) >= 11 is 6.57. The Morgan fingerprint density at radius 3 is 2.51 bits per heavy atom. The largest absolute Gasteiger partial charge is 0.443 e. The summed E-state index contributed by atoms with van der Waals surface area (Å²) in [6.07, 6.45) is 10.3. The predicted octanol–water partition coefficient (Wildman–Crippen LogP) is 5.82. The van der Waals surface area contributed by atoms with E-state index in [0.717, 1.165) is 46.8 Å². The molecule has 4 aromatic heterocycles. The second kappa shape index (κ2) is 18.7. The molecule has 2 N–H and O–H groups in total. The van der Waals surface area contributed by atoms with Crippen molar-refractivity contribution in [3.05, 3.63) is 76.7 Å². The summed E-state index contributed by atoms with van der Waals surface area (Å²) in [5.74, 6) is -0.862. The number of unbranched alkanes of at least 4 members (excludes halogenated alkanes) is 1. The topological polar surface area (TPSA) is 231 Å². The van der Waals surface area contributed by atoms with Crippen LogP contribution in [0.4, 0.5) is 21.9 Å². The van der Waals surface area contributed by atoms with Crippen molar-refractivity contribution in [2.24, 2.45) is 5.41 Å². The molecule has 1 saturated carbocycles. The molecule has 1 aromatic carbocycles. The van der Waals surface area contributed by atoms with Gasteiger partial charge in [0.15, 0.2) is 12.4 Å². The number of aryl methyl sites for hydroxylation is 1. The van der Waals surface area contributed by atoms with Gasteiger partial charge in [-0.05, 0) is 82.7 Å². The van der Waals surface area contributed by atoms with Crippen LogP contribution in [0.25, 0.3) is 17.2 Å². The lowest BCUT2D eigenvalue weighted by atomic mass is 9.82. The molecule has 2 saturated heterocycles. The number of amides is 6. The summed E-state index contributed by atoms with van der Waals surface area (Å²) in [4.78, 5) is 97.9. The van der Waals surface area contributed by atoms with Gasteiger partial charge < -0.3 is 34.6 Å². The number of nitrogens with one attached hydrogen (secondary N) is 2. The number of aromatic nitrogens is 6. The van der Waals surface area contributed by atoms with Gasteiger partial charge in [0.1, 0.15) is 11.7 Å². The zero-order chi connectivity index (χ0) is 47.0. The number of anilines is 3. The van der Waals surface area contributed by atoms with Crippen molar-refractivity contribution in [2.45, 2.75) is 97.1 Å². The number of esters is 1. The second-order valence-corrected chi connectivity index (χ2v) is 18.7. The highest BCUT2D eigenvalue weighted by atomic mass is 35.5. The van der Waals surface area contributed by atoms with Crippen molar-refractivity contribution in [1.82, 2.24) is 44.4 Å². The number of benzene rings is 1. The zero-order valence-corrected chi connectivity index (χ0v) is 38.3. The Morgan fingerprint density at radius 2 is 1.76 bits per heavy atom. The molecule has 0 bridgehead atoms. The number of hydrogen-bond acceptors (Lipinski definition) is 14. The van der Waals surface area contributed by atoms with Crippen molar-refractivity contribution in [3.63, 3.8) is 0 Å². The van der Waals surface area contributed by atoms with E-state index in [1.165, 1.54) is 11.1 Å². The van der Waals surface area contributed by atoms with Crippen LogP contribution in [0, 0.1) is 5.41 Å². The number of likely N-dealkylation sites (tertiary alicyclic amines) is 1. The van der Waals surface area contributed by atoms with Gasteiger partial charge in [0, 0.05) is 75.2 Å². The number of imide groups is 1. The van der Waals surface area contributed by atoms with Gasteiger partial charge in [-0.15, -0.1) is 0 Å². The Balaban J connectivity index is 0.710. The number of piperidine rings is 1. The minimum atomic E-state index is -0.847. The minimum absolute atomic E-state index is 0.0533. The van der Waals surface area contributed by atoms with Crippen LogP contribution in [0.5, 0.6) is 0 Å². The maximum absolute atomic E-state index is 13.5. The molecule has 20 nitrogen and oxygen atoms in total. The third kappa shape index (κ3) is 9.52. The van der Waals surface area contributed by atoms with Crippen LogP contribution >= 0.6 is 11.6 Å². The van der Waals surface area contributed by atoms with Crippen LogP contribution in [0.2, 0.25) is 5.02 Å². The Morgan fingerprint density at radius 1 is 0.955 bits per heavy atom. The molecule has 4 aliphatic rings. The molecule has 21 heteroatoms. The molecule has 0 spiro atoms. The van der Waals surface area contributed by atoms with Gasteiger partial charge in [0.05, 0.1) is 46.1 Å². The predicted molar refractivity (Wildman–Crippen MR) is 243 cm³/mol. The van der Waals surface area contributed by atoms with Crippen LogP contribution in [-0.2, 0) is 36.9 Å². The van der Waals surface area contributed by atoms with Crippen molar-refractivity contribution in [2.75, 3.05) is 48.4 Å². The number of carbonyl (C=O) groups is 6. The van der Waals surface area contributed by atoms with E-state index >= 15 is 0 Å². The van der Waals surface area contributed by atoms with Gasteiger partial charge in [0.25, 0.3) is 11.8 Å². The van der Waals surface area contributed by atoms with Crippen LogP contribution in [0.3, 0.4) is 0 Å². The molecule has 0 radical (unpaired) electrons. The molecule has 7 heterocycles. The third-order valence-electron chi connectivity index (χ3n) is 12.7. The molecule has 67 heavy (non-hydrogen) atoms. The van der Waals surface area contributed by atoms with Crippen LogP contribution < -0.4 is 15.5 Å². The van der Waals surface area contributed by atoms with Crippen molar-refractivity contribution in [1.29, 1.82) is 0 Å². The molecule has 1 atom stereocenters. The molecular formula is C46H51ClN12O8. The fourth-order valence-corrected chi connectivity index (χ4v) is 9.01. The molecule has 9 rings (SSSR count). The minimum Gasteiger partial charge on any atom is -0.443 e. The van der Waals surface area contributed by atoms with E-state index in [2.05, 4.69) is 40.7 Å². The van der Waals surface area contributed by atoms with Gasteiger partial charge in [-0.25, -0.2) is 24.2 Å². The second-order valence-electron chi connectivity index (χ2n) is 18.3. The Labute approximate surface area is 390 Å². The number of rotatable bonds is 13. The van der Waals surface area contributed by atoms with Gasteiger partial charge in [-0.1, -0.05) is 23.2 Å². The lowest BCUT2D eigenvalue weighted by molar-refractivity contribution is -0.168. The summed E-state index contributed by atoms with van der Waals surface area (Å²) < 4.78 is 12.5. The first kappa shape index (κ1) is 45.2. The molecule has 3 fully saturated rings. The third-order valence-corrected chi connectivity index (χ3v) is 13.0. The number of urea groups is 1. The highest BCUT2D eigenvalue weighted by Gasteiger charge is 2.43. The molecule has 6 amide bonds.